The van der Waals surface area contributed by atoms with Gasteiger partial charge in [0.1, 0.15) is 11.5 Å². The fourth-order valence-electron chi connectivity index (χ4n) is 1.91. The average Bonchev–Trinajstić information content (AvgIpc) is 2.60. The Bertz CT molecular complexity index is 697. The number of methoxy groups -OCH3 is 1. The molecular formula is C18H21N3O3. The summed E-state index contributed by atoms with van der Waals surface area (Å²) in [6.45, 7) is -0.121. The minimum Gasteiger partial charge on any atom is -0.497 e. The number of hydrogen-bond acceptors (Lipinski definition) is 5. The summed E-state index contributed by atoms with van der Waals surface area (Å²) in [5, 5.41) is 3.92. The Morgan fingerprint density at radius 3 is 2.54 bits per heavy atom. The molecule has 1 amide bonds. The molecule has 0 saturated carbocycles. The van der Waals surface area contributed by atoms with Crippen molar-refractivity contribution in [2.45, 2.75) is 0 Å². The Kier molecular flexibility index (Phi) is 6.19. The molecule has 0 radical (unpaired) electrons. The molecule has 0 aliphatic carbocycles. The summed E-state index contributed by atoms with van der Waals surface area (Å²) < 4.78 is 10.5. The van der Waals surface area contributed by atoms with Gasteiger partial charge >= 0.3 is 0 Å². The number of benzene rings is 2. The third kappa shape index (κ3) is 5.31. The normalized spacial score (nSPS) is 10.5. The predicted molar refractivity (Wildman–Crippen MR) is 95.0 cm³/mol. The zero-order chi connectivity index (χ0) is 17.4. The zero-order valence-corrected chi connectivity index (χ0v) is 14.0. The average molecular weight is 327 g/mol. The molecule has 126 valence electrons. The maximum absolute atomic E-state index is 11.7. The van der Waals surface area contributed by atoms with Gasteiger partial charge in [-0.1, -0.05) is 18.2 Å². The van der Waals surface area contributed by atoms with Crippen molar-refractivity contribution >= 4 is 17.8 Å². The van der Waals surface area contributed by atoms with Gasteiger partial charge < -0.3 is 14.4 Å². The van der Waals surface area contributed by atoms with Gasteiger partial charge in [0.05, 0.1) is 13.3 Å². The Hall–Kier alpha value is -3.02. The number of hydrazone groups is 1. The largest absolute Gasteiger partial charge is 0.497 e. The first kappa shape index (κ1) is 17.3. The first-order valence-corrected chi connectivity index (χ1v) is 7.44. The quantitative estimate of drug-likeness (QED) is 0.626. The van der Waals surface area contributed by atoms with E-state index in [9.17, 15) is 4.79 Å². The number of nitrogens with one attached hydrogen (secondary N) is 1. The number of ether oxygens (including phenoxy) is 2. The molecule has 0 aromatic heterocycles. The van der Waals surface area contributed by atoms with Gasteiger partial charge in [-0.2, -0.15) is 5.10 Å². The van der Waals surface area contributed by atoms with Gasteiger partial charge in [0.2, 0.25) is 0 Å². The molecule has 1 N–H and O–H groups in total. The highest BCUT2D eigenvalue weighted by Gasteiger charge is 2.02. The van der Waals surface area contributed by atoms with Crippen LogP contribution in [-0.2, 0) is 4.79 Å². The highest BCUT2D eigenvalue weighted by atomic mass is 16.5. The van der Waals surface area contributed by atoms with Gasteiger partial charge in [-0.3, -0.25) is 4.79 Å². The number of anilines is 1. The highest BCUT2D eigenvalue weighted by Crippen LogP contribution is 2.18. The topological polar surface area (TPSA) is 63.2 Å². The van der Waals surface area contributed by atoms with Crippen molar-refractivity contribution in [3.05, 3.63) is 54.1 Å². The zero-order valence-electron chi connectivity index (χ0n) is 14.0. The van der Waals surface area contributed by atoms with Crippen LogP contribution >= 0.6 is 0 Å². The fourth-order valence-corrected chi connectivity index (χ4v) is 1.91. The molecule has 0 aliphatic rings. The molecule has 0 unspecified atom stereocenters. The first-order valence-electron chi connectivity index (χ1n) is 7.44. The number of carbonyl (C=O) groups excluding carboxylic acids is 1. The smallest absolute Gasteiger partial charge is 0.277 e. The Morgan fingerprint density at radius 2 is 1.88 bits per heavy atom. The summed E-state index contributed by atoms with van der Waals surface area (Å²) >= 11 is 0. The lowest BCUT2D eigenvalue weighted by Gasteiger charge is -2.11. The second-order valence-corrected chi connectivity index (χ2v) is 5.25. The molecule has 6 heteroatoms. The summed E-state index contributed by atoms with van der Waals surface area (Å²) in [5.74, 6) is 0.902. The van der Waals surface area contributed by atoms with E-state index >= 15 is 0 Å². The molecule has 0 bridgehead atoms. The lowest BCUT2D eigenvalue weighted by molar-refractivity contribution is -0.123. The molecule has 0 aliphatic heterocycles. The van der Waals surface area contributed by atoms with E-state index in [1.165, 1.54) is 0 Å². The van der Waals surface area contributed by atoms with Crippen LogP contribution in [0.3, 0.4) is 0 Å². The van der Waals surface area contributed by atoms with Gasteiger partial charge in [0.25, 0.3) is 5.91 Å². The monoisotopic (exact) mass is 327 g/mol. The third-order valence-electron chi connectivity index (χ3n) is 3.22. The van der Waals surface area contributed by atoms with E-state index < -0.39 is 0 Å². The van der Waals surface area contributed by atoms with E-state index in [0.29, 0.717) is 11.5 Å². The molecule has 0 fully saturated rings. The van der Waals surface area contributed by atoms with E-state index in [1.807, 2.05) is 43.3 Å². The van der Waals surface area contributed by atoms with Crippen molar-refractivity contribution in [3.8, 4) is 11.5 Å². The van der Waals surface area contributed by atoms with E-state index in [4.69, 9.17) is 9.47 Å². The molecule has 24 heavy (non-hydrogen) atoms. The number of rotatable bonds is 7. The standard InChI is InChI=1S/C18H21N3O3/c1-21(2)15-9-7-14(8-10-15)12-19-20-18(22)13-24-17-6-4-5-16(11-17)23-3/h4-12H,13H2,1-3H3,(H,20,22)/b19-12+. The third-order valence-corrected chi connectivity index (χ3v) is 3.22. The van der Waals surface area contributed by atoms with Crippen LogP contribution in [0.25, 0.3) is 0 Å². The van der Waals surface area contributed by atoms with Crippen LogP contribution in [0.15, 0.2) is 53.6 Å². The molecule has 0 spiro atoms. The van der Waals surface area contributed by atoms with Gasteiger partial charge in [-0.05, 0) is 29.8 Å². The summed E-state index contributed by atoms with van der Waals surface area (Å²) in [6, 6.07) is 14.9. The summed E-state index contributed by atoms with van der Waals surface area (Å²) in [6.07, 6.45) is 1.59. The fraction of sp³-hybridized carbons (Fsp3) is 0.222. The van der Waals surface area contributed by atoms with Crippen LogP contribution in [0.1, 0.15) is 5.56 Å². The molecule has 2 rings (SSSR count). The van der Waals surface area contributed by atoms with Gasteiger partial charge in [0, 0.05) is 25.8 Å². The maximum Gasteiger partial charge on any atom is 0.277 e. The number of carbonyl (C=O) groups is 1. The Morgan fingerprint density at radius 1 is 1.17 bits per heavy atom. The molecule has 2 aromatic carbocycles. The number of hydrogen-bond donors (Lipinski definition) is 1. The molecular weight excluding hydrogens is 306 g/mol. The van der Waals surface area contributed by atoms with Crippen LogP contribution in [0.5, 0.6) is 11.5 Å². The van der Waals surface area contributed by atoms with Crippen LogP contribution in [0, 0.1) is 0 Å². The first-order chi connectivity index (χ1) is 11.6. The predicted octanol–water partition coefficient (Wildman–Crippen LogP) is 2.29. The minimum atomic E-state index is -0.334. The maximum atomic E-state index is 11.7. The van der Waals surface area contributed by atoms with E-state index in [0.717, 1.165) is 11.3 Å². The van der Waals surface area contributed by atoms with Crippen LogP contribution in [0.2, 0.25) is 0 Å². The van der Waals surface area contributed by atoms with Crippen LogP contribution in [0.4, 0.5) is 5.69 Å². The Balaban J connectivity index is 1.79. The van der Waals surface area contributed by atoms with E-state index in [-0.39, 0.29) is 12.5 Å². The van der Waals surface area contributed by atoms with Crippen molar-refractivity contribution in [1.82, 2.24) is 5.43 Å². The van der Waals surface area contributed by atoms with Crippen molar-refractivity contribution in [2.75, 3.05) is 32.7 Å². The second-order valence-electron chi connectivity index (χ2n) is 5.25. The highest BCUT2D eigenvalue weighted by molar-refractivity contribution is 5.83. The van der Waals surface area contributed by atoms with Gasteiger partial charge in [-0.25, -0.2) is 5.43 Å². The molecule has 6 nitrogen and oxygen atoms in total. The number of amides is 1. The van der Waals surface area contributed by atoms with Crippen molar-refractivity contribution in [2.24, 2.45) is 5.10 Å². The van der Waals surface area contributed by atoms with Gasteiger partial charge in [0.15, 0.2) is 6.61 Å². The lowest BCUT2D eigenvalue weighted by Crippen LogP contribution is -2.24. The van der Waals surface area contributed by atoms with Gasteiger partial charge in [-0.15, -0.1) is 0 Å². The van der Waals surface area contributed by atoms with Crippen LogP contribution in [-0.4, -0.2) is 39.9 Å². The minimum absolute atomic E-state index is 0.121. The SMILES string of the molecule is COc1cccc(OCC(=O)N/N=C/c2ccc(N(C)C)cc2)c1. The van der Waals surface area contributed by atoms with E-state index in [1.54, 1.807) is 37.6 Å². The summed E-state index contributed by atoms with van der Waals surface area (Å²) in [5.41, 5.74) is 4.43. The van der Waals surface area contributed by atoms with Crippen LogP contribution < -0.4 is 19.8 Å². The van der Waals surface area contributed by atoms with Crippen molar-refractivity contribution in [3.63, 3.8) is 0 Å². The number of nitrogens with zero attached hydrogens (tertiary/aromatic N) is 2. The molecule has 0 saturated heterocycles. The Labute approximate surface area is 141 Å². The second kappa shape index (κ2) is 8.57. The molecule has 0 heterocycles. The molecule has 2 aromatic rings. The summed E-state index contributed by atoms with van der Waals surface area (Å²) in [7, 11) is 5.53. The molecule has 0 atom stereocenters. The lowest BCUT2D eigenvalue weighted by atomic mass is 10.2. The van der Waals surface area contributed by atoms with Crippen molar-refractivity contribution < 1.29 is 14.3 Å². The summed E-state index contributed by atoms with van der Waals surface area (Å²) in [4.78, 5) is 13.7. The van der Waals surface area contributed by atoms with Crippen molar-refractivity contribution in [1.29, 1.82) is 0 Å². The van der Waals surface area contributed by atoms with E-state index in [2.05, 4.69) is 10.5 Å².